The summed E-state index contributed by atoms with van der Waals surface area (Å²) < 4.78 is 10.5. The van der Waals surface area contributed by atoms with Gasteiger partial charge in [0.2, 0.25) is 5.91 Å². The van der Waals surface area contributed by atoms with E-state index in [1.165, 1.54) is 31.0 Å². The third kappa shape index (κ3) is 5.28. The second-order valence-corrected chi connectivity index (χ2v) is 6.88. The second kappa shape index (κ2) is 9.83. The minimum Gasteiger partial charge on any atom is -0.493 e. The molecule has 0 radical (unpaired) electrons. The third-order valence-corrected chi connectivity index (χ3v) is 4.96. The van der Waals surface area contributed by atoms with Gasteiger partial charge in [0.15, 0.2) is 11.5 Å². The lowest BCUT2D eigenvalue weighted by Crippen LogP contribution is -2.29. The van der Waals surface area contributed by atoms with Crippen molar-refractivity contribution in [3.8, 4) is 11.5 Å². The number of nitrogens with one attached hydrogen (secondary N) is 1. The molecule has 1 aliphatic heterocycles. The van der Waals surface area contributed by atoms with Crippen molar-refractivity contribution in [2.75, 3.05) is 32.2 Å². The zero-order valence-corrected chi connectivity index (χ0v) is 16.6. The van der Waals surface area contributed by atoms with E-state index < -0.39 is 0 Å². The van der Waals surface area contributed by atoms with Gasteiger partial charge in [-0.25, -0.2) is 0 Å². The monoisotopic (exact) mass is 380 g/mol. The van der Waals surface area contributed by atoms with Crippen molar-refractivity contribution >= 4 is 17.7 Å². The van der Waals surface area contributed by atoms with Crippen LogP contribution in [0.15, 0.2) is 48.5 Å². The molecule has 148 valence electrons. The van der Waals surface area contributed by atoms with Gasteiger partial charge in [0, 0.05) is 31.4 Å². The standard InChI is InChI=1S/C23H28N2O3/c1-27-21-12-8-18(16-22(21)28-2)9-13-23(26)24-17-19-6-10-20(11-7-19)25-14-4-3-5-15-25/h6-13,16H,3-5,14-15,17H2,1-2H3,(H,24,26)/b13-9+. The highest BCUT2D eigenvalue weighted by Gasteiger charge is 2.10. The molecule has 1 N–H and O–H groups in total. The molecule has 1 saturated heterocycles. The van der Waals surface area contributed by atoms with E-state index in [9.17, 15) is 4.79 Å². The number of ether oxygens (including phenoxy) is 2. The molecule has 1 fully saturated rings. The molecule has 0 aromatic heterocycles. The lowest BCUT2D eigenvalue weighted by molar-refractivity contribution is -0.116. The maximum atomic E-state index is 12.1. The molecule has 28 heavy (non-hydrogen) atoms. The number of hydrogen-bond donors (Lipinski definition) is 1. The molecule has 0 aliphatic carbocycles. The molecular weight excluding hydrogens is 352 g/mol. The topological polar surface area (TPSA) is 50.8 Å². The van der Waals surface area contributed by atoms with Crippen LogP contribution in [0.3, 0.4) is 0 Å². The number of benzene rings is 2. The van der Waals surface area contributed by atoms with Gasteiger partial charge < -0.3 is 19.7 Å². The first-order valence-electron chi connectivity index (χ1n) is 9.71. The summed E-state index contributed by atoms with van der Waals surface area (Å²) in [5.41, 5.74) is 3.23. The van der Waals surface area contributed by atoms with Gasteiger partial charge in [-0.05, 0) is 60.7 Å². The number of rotatable bonds is 7. The fourth-order valence-electron chi connectivity index (χ4n) is 3.35. The van der Waals surface area contributed by atoms with Crippen LogP contribution < -0.4 is 19.7 Å². The van der Waals surface area contributed by atoms with Gasteiger partial charge in [-0.15, -0.1) is 0 Å². The lowest BCUT2D eigenvalue weighted by atomic mass is 10.1. The molecule has 0 bridgehead atoms. The molecule has 2 aromatic rings. The highest BCUT2D eigenvalue weighted by Crippen LogP contribution is 2.28. The van der Waals surface area contributed by atoms with E-state index in [1.807, 2.05) is 18.2 Å². The number of nitrogens with zero attached hydrogens (tertiary/aromatic N) is 1. The van der Waals surface area contributed by atoms with Gasteiger partial charge in [-0.2, -0.15) is 0 Å². The molecule has 0 saturated carbocycles. The van der Waals surface area contributed by atoms with E-state index in [1.54, 1.807) is 20.3 Å². The van der Waals surface area contributed by atoms with Crippen LogP contribution >= 0.6 is 0 Å². The van der Waals surface area contributed by atoms with E-state index in [4.69, 9.17) is 9.47 Å². The average molecular weight is 380 g/mol. The summed E-state index contributed by atoms with van der Waals surface area (Å²) in [7, 11) is 3.19. The van der Waals surface area contributed by atoms with Crippen molar-refractivity contribution in [1.29, 1.82) is 0 Å². The van der Waals surface area contributed by atoms with E-state index in [-0.39, 0.29) is 5.91 Å². The SMILES string of the molecule is COc1ccc(/C=C/C(=O)NCc2ccc(N3CCCCC3)cc2)cc1OC. The van der Waals surface area contributed by atoms with E-state index in [0.717, 1.165) is 24.2 Å². The summed E-state index contributed by atoms with van der Waals surface area (Å²) in [6.07, 6.45) is 7.16. The van der Waals surface area contributed by atoms with E-state index in [0.29, 0.717) is 18.0 Å². The number of amides is 1. The average Bonchev–Trinajstić information content (AvgIpc) is 2.77. The van der Waals surface area contributed by atoms with Gasteiger partial charge in [0.1, 0.15) is 0 Å². The minimum absolute atomic E-state index is 0.130. The Morgan fingerprint density at radius 3 is 2.39 bits per heavy atom. The normalized spacial score (nSPS) is 14.1. The Balaban J connectivity index is 1.51. The highest BCUT2D eigenvalue weighted by atomic mass is 16.5. The number of carbonyl (C=O) groups excluding carboxylic acids is 1. The predicted octanol–water partition coefficient (Wildman–Crippen LogP) is 4.02. The van der Waals surface area contributed by atoms with Crippen LogP contribution in [-0.2, 0) is 11.3 Å². The first-order chi connectivity index (χ1) is 13.7. The molecule has 0 unspecified atom stereocenters. The highest BCUT2D eigenvalue weighted by molar-refractivity contribution is 5.91. The van der Waals surface area contributed by atoms with Gasteiger partial charge in [0.25, 0.3) is 0 Å². The Hall–Kier alpha value is -2.95. The zero-order chi connectivity index (χ0) is 19.8. The Morgan fingerprint density at radius 2 is 1.71 bits per heavy atom. The number of piperidine rings is 1. The van der Waals surface area contributed by atoms with Gasteiger partial charge in [0.05, 0.1) is 14.2 Å². The van der Waals surface area contributed by atoms with Crippen LogP contribution in [0.5, 0.6) is 11.5 Å². The second-order valence-electron chi connectivity index (χ2n) is 6.88. The van der Waals surface area contributed by atoms with Crippen LogP contribution in [0.25, 0.3) is 6.08 Å². The van der Waals surface area contributed by atoms with Gasteiger partial charge in [-0.1, -0.05) is 18.2 Å². The van der Waals surface area contributed by atoms with Crippen molar-refractivity contribution in [3.63, 3.8) is 0 Å². The molecule has 1 amide bonds. The van der Waals surface area contributed by atoms with Crippen LogP contribution in [-0.4, -0.2) is 33.2 Å². The summed E-state index contributed by atoms with van der Waals surface area (Å²) in [6, 6.07) is 14.0. The first-order valence-corrected chi connectivity index (χ1v) is 9.71. The Kier molecular flexibility index (Phi) is 6.95. The Morgan fingerprint density at radius 1 is 1.00 bits per heavy atom. The largest absolute Gasteiger partial charge is 0.493 e. The van der Waals surface area contributed by atoms with E-state index >= 15 is 0 Å². The maximum Gasteiger partial charge on any atom is 0.244 e. The van der Waals surface area contributed by atoms with Gasteiger partial charge >= 0.3 is 0 Å². The number of hydrogen-bond acceptors (Lipinski definition) is 4. The lowest BCUT2D eigenvalue weighted by Gasteiger charge is -2.28. The Labute approximate surface area is 167 Å². The van der Waals surface area contributed by atoms with Crippen molar-refractivity contribution < 1.29 is 14.3 Å². The summed E-state index contributed by atoms with van der Waals surface area (Å²) in [5.74, 6) is 1.17. The smallest absolute Gasteiger partial charge is 0.244 e. The van der Waals surface area contributed by atoms with Crippen LogP contribution in [0.2, 0.25) is 0 Å². The first kappa shape index (κ1) is 19.8. The molecule has 2 aromatic carbocycles. The van der Waals surface area contributed by atoms with Crippen molar-refractivity contribution in [3.05, 3.63) is 59.7 Å². The summed E-state index contributed by atoms with van der Waals surface area (Å²) in [4.78, 5) is 14.5. The fraction of sp³-hybridized carbons (Fsp3) is 0.348. The zero-order valence-electron chi connectivity index (χ0n) is 16.6. The fourth-order valence-corrected chi connectivity index (χ4v) is 3.35. The van der Waals surface area contributed by atoms with Crippen molar-refractivity contribution in [1.82, 2.24) is 5.32 Å². The summed E-state index contributed by atoms with van der Waals surface area (Å²) in [5, 5.41) is 2.92. The molecule has 0 spiro atoms. The third-order valence-electron chi connectivity index (χ3n) is 4.96. The van der Waals surface area contributed by atoms with Gasteiger partial charge in [-0.3, -0.25) is 4.79 Å². The quantitative estimate of drug-likeness (QED) is 0.737. The maximum absolute atomic E-state index is 12.1. The molecule has 0 atom stereocenters. The summed E-state index contributed by atoms with van der Waals surface area (Å²) in [6.45, 7) is 2.78. The van der Waals surface area contributed by atoms with Crippen molar-refractivity contribution in [2.45, 2.75) is 25.8 Å². The number of anilines is 1. The predicted molar refractivity (Wildman–Crippen MR) is 113 cm³/mol. The molecule has 3 rings (SSSR count). The van der Waals surface area contributed by atoms with Crippen LogP contribution in [0.1, 0.15) is 30.4 Å². The molecule has 5 heteroatoms. The van der Waals surface area contributed by atoms with E-state index in [2.05, 4.69) is 34.5 Å². The Bertz CT molecular complexity index is 809. The molecule has 1 heterocycles. The van der Waals surface area contributed by atoms with Crippen LogP contribution in [0.4, 0.5) is 5.69 Å². The molecule has 1 aliphatic rings. The number of methoxy groups -OCH3 is 2. The number of carbonyl (C=O) groups is 1. The summed E-state index contributed by atoms with van der Waals surface area (Å²) >= 11 is 0. The molecular formula is C23H28N2O3. The minimum atomic E-state index is -0.130. The van der Waals surface area contributed by atoms with Crippen LogP contribution in [0, 0.1) is 0 Å². The van der Waals surface area contributed by atoms with Crippen molar-refractivity contribution in [2.24, 2.45) is 0 Å². The molecule has 5 nitrogen and oxygen atoms in total.